The first-order valence-electron chi connectivity index (χ1n) is 8.64. The van der Waals surface area contributed by atoms with Gasteiger partial charge in [-0.05, 0) is 33.9 Å². The molecule has 9 heteroatoms. The van der Waals surface area contributed by atoms with Crippen LogP contribution >= 0.6 is 11.8 Å². The maximum absolute atomic E-state index is 12.1. The van der Waals surface area contributed by atoms with E-state index >= 15 is 0 Å². The van der Waals surface area contributed by atoms with Crippen molar-refractivity contribution in [2.75, 3.05) is 21.1 Å². The van der Waals surface area contributed by atoms with E-state index in [2.05, 4.69) is 44.1 Å². The minimum Gasteiger partial charge on any atom is -0.341 e. The normalized spacial score (nSPS) is 13.6. The van der Waals surface area contributed by atoms with Crippen LogP contribution in [0.5, 0.6) is 0 Å². The Morgan fingerprint density at radius 2 is 1.96 bits per heavy atom. The summed E-state index contributed by atoms with van der Waals surface area (Å²) in [5.41, 5.74) is 0. The lowest BCUT2D eigenvalue weighted by Crippen LogP contribution is -2.41. The van der Waals surface area contributed by atoms with E-state index < -0.39 is 11.3 Å². The number of imide groups is 1. The summed E-state index contributed by atoms with van der Waals surface area (Å²) < 4.78 is 2.10. The molecule has 1 aromatic heterocycles. The third-order valence-corrected chi connectivity index (χ3v) is 4.98. The Balaban J connectivity index is 3.00. The Bertz CT molecular complexity index is 575. The third-order valence-electron chi connectivity index (χ3n) is 3.90. The molecule has 0 bridgehead atoms. The Morgan fingerprint density at radius 3 is 2.48 bits per heavy atom. The molecule has 0 radical (unpaired) electrons. The van der Waals surface area contributed by atoms with Crippen LogP contribution in [0.3, 0.4) is 0 Å². The summed E-state index contributed by atoms with van der Waals surface area (Å²) in [5.74, 6) is 0.568. The molecule has 25 heavy (non-hydrogen) atoms. The molecule has 0 aromatic carbocycles. The minimum atomic E-state index is -0.510. The van der Waals surface area contributed by atoms with E-state index in [1.54, 1.807) is 6.92 Å². The van der Waals surface area contributed by atoms with Gasteiger partial charge in [-0.2, -0.15) is 0 Å². The van der Waals surface area contributed by atoms with Gasteiger partial charge >= 0.3 is 6.03 Å². The molecule has 1 aromatic rings. The molecule has 0 saturated heterocycles. The molecular formula is C16H30N6O2S. The smallest absolute Gasteiger partial charge is 0.321 e. The maximum atomic E-state index is 12.1. The van der Waals surface area contributed by atoms with Crippen LogP contribution in [0.1, 0.15) is 51.9 Å². The molecule has 0 fully saturated rings. The van der Waals surface area contributed by atoms with Crippen molar-refractivity contribution in [3.8, 4) is 0 Å². The van der Waals surface area contributed by atoms with E-state index in [1.807, 2.05) is 14.1 Å². The average molecular weight is 371 g/mol. The van der Waals surface area contributed by atoms with E-state index in [1.165, 1.54) is 18.8 Å². The van der Waals surface area contributed by atoms with Crippen molar-refractivity contribution in [3.63, 3.8) is 0 Å². The molecule has 0 aliphatic carbocycles. The number of carbonyl (C=O) groups is 2. The number of nitrogens with one attached hydrogen (secondary N) is 2. The van der Waals surface area contributed by atoms with Crippen molar-refractivity contribution in [1.29, 1.82) is 0 Å². The summed E-state index contributed by atoms with van der Waals surface area (Å²) in [5, 5.41) is 13.6. The molecule has 0 aliphatic rings. The van der Waals surface area contributed by atoms with E-state index in [0.717, 1.165) is 31.6 Å². The topological polar surface area (TPSA) is 92.2 Å². The van der Waals surface area contributed by atoms with Crippen LogP contribution < -0.4 is 10.6 Å². The highest BCUT2D eigenvalue weighted by Gasteiger charge is 2.25. The molecule has 3 amide bonds. The Kier molecular flexibility index (Phi) is 8.91. The monoisotopic (exact) mass is 370 g/mol. The molecule has 1 heterocycles. The Morgan fingerprint density at radius 1 is 1.28 bits per heavy atom. The lowest BCUT2D eigenvalue weighted by Gasteiger charge is -2.23. The van der Waals surface area contributed by atoms with Crippen molar-refractivity contribution in [1.82, 2.24) is 30.3 Å². The van der Waals surface area contributed by atoms with Crippen molar-refractivity contribution in [2.24, 2.45) is 0 Å². The Hall–Kier alpha value is -1.61. The van der Waals surface area contributed by atoms with Crippen LogP contribution in [0.2, 0.25) is 0 Å². The zero-order valence-corrected chi connectivity index (χ0v) is 16.8. The van der Waals surface area contributed by atoms with Gasteiger partial charge in [0.2, 0.25) is 5.91 Å². The van der Waals surface area contributed by atoms with Crippen LogP contribution in [-0.4, -0.2) is 58.0 Å². The highest BCUT2D eigenvalue weighted by Crippen LogP contribution is 2.28. The molecule has 8 nitrogen and oxygen atoms in total. The van der Waals surface area contributed by atoms with Crippen molar-refractivity contribution < 1.29 is 9.59 Å². The Labute approximate surface area is 154 Å². The summed E-state index contributed by atoms with van der Waals surface area (Å²) >= 11 is 1.32. The summed E-state index contributed by atoms with van der Waals surface area (Å²) in [6, 6.07) is -0.335. The van der Waals surface area contributed by atoms with Gasteiger partial charge in [-0.25, -0.2) is 4.79 Å². The van der Waals surface area contributed by atoms with Gasteiger partial charge in [0.25, 0.3) is 0 Å². The lowest BCUT2D eigenvalue weighted by atomic mass is 10.2. The van der Waals surface area contributed by atoms with E-state index in [4.69, 9.17) is 0 Å². The van der Waals surface area contributed by atoms with Crippen LogP contribution in [0, 0.1) is 0 Å². The van der Waals surface area contributed by atoms with Crippen LogP contribution in [-0.2, 0) is 11.3 Å². The van der Waals surface area contributed by atoms with Crippen LogP contribution in [0.25, 0.3) is 0 Å². The zero-order chi connectivity index (χ0) is 19.0. The van der Waals surface area contributed by atoms with Crippen LogP contribution in [0.4, 0.5) is 4.79 Å². The van der Waals surface area contributed by atoms with Gasteiger partial charge < -0.3 is 9.88 Å². The molecule has 1 rings (SSSR count). The lowest BCUT2D eigenvalue weighted by molar-refractivity contribution is -0.119. The number of unbranched alkanes of at least 4 members (excludes halogenated alkanes) is 1. The zero-order valence-electron chi connectivity index (χ0n) is 16.0. The highest BCUT2D eigenvalue weighted by molar-refractivity contribution is 8.00. The number of carbonyl (C=O) groups excluding carboxylic acids is 2. The maximum Gasteiger partial charge on any atom is 0.321 e. The predicted octanol–water partition coefficient (Wildman–Crippen LogP) is 2.03. The van der Waals surface area contributed by atoms with E-state index in [0.29, 0.717) is 5.16 Å². The standard InChI is InChI=1S/C16H30N6O2S/c1-7-9-10-22-13(12(8-2)21(5)6)19-20-16(22)25-11(3)14(23)18-15(24)17-4/h11-12H,7-10H2,1-6H3,(H2,17,18,23,24)/t11-,12+/m1/s1. The van der Waals surface area contributed by atoms with Crippen molar-refractivity contribution in [3.05, 3.63) is 5.82 Å². The van der Waals surface area contributed by atoms with Gasteiger partial charge in [0.05, 0.1) is 11.3 Å². The predicted molar refractivity (Wildman–Crippen MR) is 99.6 cm³/mol. The number of rotatable bonds is 9. The fourth-order valence-electron chi connectivity index (χ4n) is 2.43. The average Bonchev–Trinajstić information content (AvgIpc) is 2.95. The number of thioether (sulfide) groups is 1. The number of amides is 3. The number of urea groups is 1. The minimum absolute atomic E-state index is 0.175. The van der Waals surface area contributed by atoms with Gasteiger partial charge in [-0.1, -0.05) is 32.0 Å². The first-order chi connectivity index (χ1) is 11.8. The van der Waals surface area contributed by atoms with Gasteiger partial charge in [0.15, 0.2) is 11.0 Å². The quantitative estimate of drug-likeness (QED) is 0.646. The largest absolute Gasteiger partial charge is 0.341 e. The number of nitrogens with zero attached hydrogens (tertiary/aromatic N) is 4. The van der Waals surface area contributed by atoms with Crippen LogP contribution in [0.15, 0.2) is 5.16 Å². The molecule has 0 unspecified atom stereocenters. The molecule has 0 saturated carbocycles. The summed E-state index contributed by atoms with van der Waals surface area (Å²) in [7, 11) is 5.53. The molecule has 142 valence electrons. The van der Waals surface area contributed by atoms with E-state index in [-0.39, 0.29) is 11.9 Å². The highest BCUT2D eigenvalue weighted by atomic mass is 32.2. The molecule has 2 N–H and O–H groups in total. The first kappa shape index (κ1) is 21.4. The van der Waals surface area contributed by atoms with Gasteiger partial charge in [0, 0.05) is 13.6 Å². The second-order valence-electron chi connectivity index (χ2n) is 6.06. The first-order valence-corrected chi connectivity index (χ1v) is 9.52. The number of hydrogen-bond donors (Lipinski definition) is 2. The van der Waals surface area contributed by atoms with Gasteiger partial charge in [0.1, 0.15) is 0 Å². The van der Waals surface area contributed by atoms with Crippen molar-refractivity contribution >= 4 is 23.7 Å². The molecular weight excluding hydrogens is 340 g/mol. The molecule has 2 atom stereocenters. The summed E-state index contributed by atoms with van der Waals surface area (Å²) in [4.78, 5) is 25.5. The number of hydrogen-bond acceptors (Lipinski definition) is 6. The number of aromatic nitrogens is 3. The van der Waals surface area contributed by atoms with Gasteiger partial charge in [-0.3, -0.25) is 15.0 Å². The second kappa shape index (κ2) is 10.4. The fraction of sp³-hybridized carbons (Fsp3) is 0.750. The van der Waals surface area contributed by atoms with Gasteiger partial charge in [-0.15, -0.1) is 10.2 Å². The SMILES string of the molecule is CCCCn1c(S[C@H](C)C(=O)NC(=O)NC)nnc1[C@H](CC)N(C)C. The van der Waals surface area contributed by atoms with Crippen molar-refractivity contribution in [2.45, 2.75) is 63.0 Å². The third kappa shape index (κ3) is 6.00. The summed E-state index contributed by atoms with van der Waals surface area (Å²) in [6.07, 6.45) is 3.00. The summed E-state index contributed by atoms with van der Waals surface area (Å²) in [6.45, 7) is 6.83. The molecule has 0 spiro atoms. The molecule has 0 aliphatic heterocycles. The fourth-order valence-corrected chi connectivity index (χ4v) is 3.31. The van der Waals surface area contributed by atoms with E-state index in [9.17, 15) is 9.59 Å². The second-order valence-corrected chi connectivity index (χ2v) is 7.37.